The Morgan fingerprint density at radius 2 is 2.20 bits per heavy atom. The first-order valence-corrected chi connectivity index (χ1v) is 8.37. The van der Waals surface area contributed by atoms with Gasteiger partial charge in [0.1, 0.15) is 5.75 Å². The molecule has 1 heterocycles. The maximum Gasteiger partial charge on any atom is 0.238 e. The molecule has 0 atom stereocenters. The zero-order chi connectivity index (χ0) is 15.2. The summed E-state index contributed by atoms with van der Waals surface area (Å²) in [7, 11) is -3.37. The van der Waals surface area contributed by atoms with Crippen LogP contribution in [0, 0.1) is 0 Å². The second-order valence-corrected chi connectivity index (χ2v) is 7.13. The summed E-state index contributed by atoms with van der Waals surface area (Å²) in [5, 5.41) is 0. The minimum Gasteiger partial charge on any atom is -0.393 e. The van der Waals surface area contributed by atoms with E-state index in [9.17, 15) is 13.2 Å². The molecule has 0 aliphatic carbocycles. The van der Waals surface area contributed by atoms with Crippen LogP contribution in [-0.4, -0.2) is 47.8 Å². The van der Waals surface area contributed by atoms with Crippen LogP contribution in [0.25, 0.3) is 0 Å². The summed E-state index contributed by atoms with van der Waals surface area (Å²) >= 11 is 4.78. The molecule has 0 saturated heterocycles. The van der Waals surface area contributed by atoms with Crippen molar-refractivity contribution in [3.63, 3.8) is 0 Å². The first-order valence-electron chi connectivity index (χ1n) is 5.90. The lowest BCUT2D eigenvalue weighted by molar-refractivity contribution is -0.128. The Labute approximate surface area is 123 Å². The number of hydrogen-bond donors (Lipinski definition) is 1. The monoisotopic (exact) mass is 315 g/mol. The van der Waals surface area contributed by atoms with Gasteiger partial charge in [-0.15, -0.1) is 0 Å². The van der Waals surface area contributed by atoms with Crippen LogP contribution >= 0.6 is 12.2 Å². The highest BCUT2D eigenvalue weighted by molar-refractivity contribution is 7.91. The Morgan fingerprint density at radius 1 is 1.50 bits per heavy atom. The van der Waals surface area contributed by atoms with E-state index in [0.29, 0.717) is 13.0 Å². The average molecular weight is 315 g/mol. The second kappa shape index (κ2) is 7.30. The molecule has 0 radical (unpaired) electrons. The molecular weight excluding hydrogens is 298 g/mol. The standard InChI is InChI=1S/C12H17N3O3S2/c1-20(17,18)9-12(16)15(6-4-11(13)19)8-10-3-2-5-14-7-10/h2-3,5,7H,4,6,8-9H2,1H3,(H2,13,19). The minimum absolute atomic E-state index is 0.283. The van der Waals surface area contributed by atoms with Crippen LogP contribution in [0.2, 0.25) is 0 Å². The Bertz CT molecular complexity index is 573. The second-order valence-electron chi connectivity index (χ2n) is 4.46. The van der Waals surface area contributed by atoms with Crippen LogP contribution in [-0.2, 0) is 21.2 Å². The van der Waals surface area contributed by atoms with Gasteiger partial charge in [-0.1, -0.05) is 18.3 Å². The fourth-order valence-corrected chi connectivity index (χ4v) is 2.29. The van der Waals surface area contributed by atoms with E-state index in [1.54, 1.807) is 18.5 Å². The number of aromatic nitrogens is 1. The largest absolute Gasteiger partial charge is 0.393 e. The number of carbonyl (C=O) groups excluding carboxylic acids is 1. The van der Waals surface area contributed by atoms with Gasteiger partial charge in [-0.3, -0.25) is 9.78 Å². The minimum atomic E-state index is -3.37. The Balaban J connectivity index is 2.79. The van der Waals surface area contributed by atoms with Crippen molar-refractivity contribution in [3.8, 4) is 0 Å². The Kier molecular flexibility index (Phi) is 6.03. The van der Waals surface area contributed by atoms with Crippen molar-refractivity contribution < 1.29 is 13.2 Å². The zero-order valence-electron chi connectivity index (χ0n) is 11.2. The smallest absolute Gasteiger partial charge is 0.238 e. The Hall–Kier alpha value is -1.54. The van der Waals surface area contributed by atoms with Crippen LogP contribution in [0.15, 0.2) is 24.5 Å². The molecule has 0 spiro atoms. The number of hydrogen-bond acceptors (Lipinski definition) is 5. The average Bonchev–Trinajstić information content (AvgIpc) is 2.33. The van der Waals surface area contributed by atoms with Crippen LogP contribution < -0.4 is 5.73 Å². The van der Waals surface area contributed by atoms with Gasteiger partial charge in [0.2, 0.25) is 5.91 Å². The van der Waals surface area contributed by atoms with E-state index in [4.69, 9.17) is 18.0 Å². The fourth-order valence-electron chi connectivity index (χ4n) is 1.56. The number of nitrogens with zero attached hydrogens (tertiary/aromatic N) is 2. The number of amides is 1. The SMILES string of the molecule is CS(=O)(=O)CC(=O)N(CCC(N)=S)Cc1cccnc1. The van der Waals surface area contributed by atoms with Crippen molar-refractivity contribution in [3.05, 3.63) is 30.1 Å². The van der Waals surface area contributed by atoms with E-state index in [2.05, 4.69) is 4.98 Å². The number of thiocarbonyl (C=S) groups is 1. The summed E-state index contributed by atoms with van der Waals surface area (Å²) in [6.45, 7) is 0.573. The molecule has 20 heavy (non-hydrogen) atoms. The van der Waals surface area contributed by atoms with Crippen molar-refractivity contribution in [2.45, 2.75) is 13.0 Å². The molecule has 0 fully saturated rings. The van der Waals surface area contributed by atoms with E-state index in [-0.39, 0.29) is 11.5 Å². The summed E-state index contributed by atoms with van der Waals surface area (Å²) in [5.74, 6) is -0.988. The lowest BCUT2D eigenvalue weighted by Crippen LogP contribution is -2.37. The first-order chi connectivity index (χ1) is 9.28. The molecule has 1 aromatic heterocycles. The lowest BCUT2D eigenvalue weighted by atomic mass is 10.2. The number of nitrogens with two attached hydrogens (primary N) is 1. The molecule has 110 valence electrons. The molecular formula is C12H17N3O3S2. The third-order valence-electron chi connectivity index (χ3n) is 2.46. The highest BCUT2D eigenvalue weighted by Gasteiger charge is 2.19. The van der Waals surface area contributed by atoms with Gasteiger partial charge < -0.3 is 10.6 Å². The normalized spacial score (nSPS) is 11.1. The van der Waals surface area contributed by atoms with Crippen LogP contribution in [0.3, 0.4) is 0 Å². The molecule has 1 aromatic rings. The number of pyridine rings is 1. The van der Waals surface area contributed by atoms with Crippen LogP contribution in [0.5, 0.6) is 0 Å². The maximum absolute atomic E-state index is 12.0. The van der Waals surface area contributed by atoms with Gasteiger partial charge in [0.15, 0.2) is 9.84 Å². The van der Waals surface area contributed by atoms with Gasteiger partial charge in [0, 0.05) is 38.2 Å². The van der Waals surface area contributed by atoms with Gasteiger partial charge >= 0.3 is 0 Å². The van der Waals surface area contributed by atoms with Crippen molar-refractivity contribution in [1.82, 2.24) is 9.88 Å². The summed E-state index contributed by atoms with van der Waals surface area (Å²) < 4.78 is 22.5. The third kappa shape index (κ3) is 6.58. The summed E-state index contributed by atoms with van der Waals surface area (Å²) in [4.78, 5) is 17.7. The number of carbonyl (C=O) groups is 1. The zero-order valence-corrected chi connectivity index (χ0v) is 12.8. The van der Waals surface area contributed by atoms with Gasteiger partial charge in [0.25, 0.3) is 0 Å². The van der Waals surface area contributed by atoms with E-state index in [1.165, 1.54) is 4.90 Å². The first kappa shape index (κ1) is 16.5. The van der Waals surface area contributed by atoms with E-state index >= 15 is 0 Å². The maximum atomic E-state index is 12.0. The molecule has 0 saturated carbocycles. The van der Waals surface area contributed by atoms with Gasteiger partial charge in [0.05, 0.1) is 4.99 Å². The predicted molar refractivity (Wildman–Crippen MR) is 80.8 cm³/mol. The molecule has 1 rings (SSSR count). The topological polar surface area (TPSA) is 93.4 Å². The van der Waals surface area contributed by atoms with E-state index in [1.807, 2.05) is 6.07 Å². The van der Waals surface area contributed by atoms with Gasteiger partial charge in [-0.05, 0) is 11.6 Å². The van der Waals surface area contributed by atoms with Crippen molar-refractivity contribution in [2.75, 3.05) is 18.6 Å². The molecule has 0 aliphatic rings. The lowest BCUT2D eigenvalue weighted by Gasteiger charge is -2.22. The van der Waals surface area contributed by atoms with Crippen molar-refractivity contribution in [2.24, 2.45) is 5.73 Å². The van der Waals surface area contributed by atoms with Gasteiger partial charge in [-0.2, -0.15) is 0 Å². The predicted octanol–water partition coefficient (Wildman–Crippen LogP) is 0.131. The molecule has 6 nitrogen and oxygen atoms in total. The summed E-state index contributed by atoms with van der Waals surface area (Å²) in [6.07, 6.45) is 4.63. The molecule has 1 amide bonds. The van der Waals surface area contributed by atoms with Crippen LogP contribution in [0.1, 0.15) is 12.0 Å². The number of sulfone groups is 1. The molecule has 0 aromatic carbocycles. The quantitative estimate of drug-likeness (QED) is 0.719. The number of rotatable bonds is 7. The van der Waals surface area contributed by atoms with Crippen molar-refractivity contribution >= 4 is 33.0 Å². The van der Waals surface area contributed by atoms with Crippen LogP contribution in [0.4, 0.5) is 0 Å². The molecule has 0 unspecified atom stereocenters. The molecule has 8 heteroatoms. The van der Waals surface area contributed by atoms with E-state index < -0.39 is 21.5 Å². The molecule has 2 N–H and O–H groups in total. The third-order valence-corrected chi connectivity index (χ3v) is 3.44. The highest BCUT2D eigenvalue weighted by Crippen LogP contribution is 2.05. The summed E-state index contributed by atoms with van der Waals surface area (Å²) in [5.41, 5.74) is 6.24. The fraction of sp³-hybridized carbons (Fsp3) is 0.417. The Morgan fingerprint density at radius 3 is 2.70 bits per heavy atom. The summed E-state index contributed by atoms with van der Waals surface area (Å²) in [6, 6.07) is 3.57. The van der Waals surface area contributed by atoms with Crippen molar-refractivity contribution in [1.29, 1.82) is 0 Å². The molecule has 0 aliphatic heterocycles. The molecule has 0 bridgehead atoms. The van der Waals surface area contributed by atoms with E-state index in [0.717, 1.165) is 11.8 Å². The highest BCUT2D eigenvalue weighted by atomic mass is 32.2. The van der Waals surface area contributed by atoms with Gasteiger partial charge in [-0.25, -0.2) is 8.42 Å².